The molecule has 8 heteroatoms. The number of alkyl halides is 3. The zero-order chi connectivity index (χ0) is 12.3. The van der Waals surface area contributed by atoms with Crippen LogP contribution in [-0.4, -0.2) is 16.5 Å². The van der Waals surface area contributed by atoms with Gasteiger partial charge in [0.1, 0.15) is 0 Å². The first-order chi connectivity index (χ1) is 7.39. The molecule has 0 spiro atoms. The minimum Gasteiger partial charge on any atom is -0.401 e. The first-order valence-electron chi connectivity index (χ1n) is 4.12. The molecule has 0 aliphatic carbocycles. The summed E-state index contributed by atoms with van der Waals surface area (Å²) in [6.45, 7) is -1.01. The first-order valence-corrected chi connectivity index (χ1v) is 4.12. The number of rotatable bonds is 3. The van der Waals surface area contributed by atoms with Crippen molar-refractivity contribution in [3.63, 3.8) is 0 Å². The van der Waals surface area contributed by atoms with Gasteiger partial charge in [-0.15, -0.1) is 13.2 Å². The van der Waals surface area contributed by atoms with Gasteiger partial charge in [-0.3, -0.25) is 0 Å². The third kappa shape index (κ3) is 2.80. The zero-order valence-electron chi connectivity index (χ0n) is 7.88. The van der Waals surface area contributed by atoms with Gasteiger partial charge < -0.3 is 15.6 Å². The molecule has 0 radical (unpaired) electrons. The molecule has 1 aromatic heterocycles. The van der Waals surface area contributed by atoms with Gasteiger partial charge in [-0.1, -0.05) is 0 Å². The van der Waals surface area contributed by atoms with Crippen molar-refractivity contribution >= 4 is 0 Å². The normalized spacial score (nSPS) is 11.6. The van der Waals surface area contributed by atoms with Crippen LogP contribution in [0.1, 0.15) is 11.1 Å². The number of aromatic nitrogens is 1. The van der Waals surface area contributed by atoms with Crippen molar-refractivity contribution in [2.75, 3.05) is 0 Å². The molecule has 90 valence electrons. The van der Waals surface area contributed by atoms with E-state index >= 15 is 0 Å². The van der Waals surface area contributed by atoms with Crippen LogP contribution in [0.5, 0.6) is 5.75 Å². The van der Waals surface area contributed by atoms with Crippen LogP contribution in [0.15, 0.2) is 6.20 Å². The molecule has 16 heavy (non-hydrogen) atoms. The molecule has 3 N–H and O–H groups in total. The van der Waals surface area contributed by atoms with Gasteiger partial charge in [0, 0.05) is 23.9 Å². The summed E-state index contributed by atoms with van der Waals surface area (Å²) < 4.78 is 52.3. The summed E-state index contributed by atoms with van der Waals surface area (Å²) in [6, 6.07) is 0. The quantitative estimate of drug-likeness (QED) is 0.612. The fourth-order valence-corrected chi connectivity index (χ4v) is 1.12. The molecule has 0 amide bonds. The van der Waals surface area contributed by atoms with E-state index < -0.39 is 31.2 Å². The predicted molar refractivity (Wildman–Crippen MR) is 44.7 cm³/mol. The Morgan fingerprint density at radius 2 is 2.06 bits per heavy atom. The first kappa shape index (κ1) is 12.7. The van der Waals surface area contributed by atoms with E-state index in [0.717, 1.165) is 6.20 Å². The SMILES string of the molecule is NCc1c(CO)cnc(F)c1OC(F)(F)F. The highest BCUT2D eigenvalue weighted by Gasteiger charge is 2.34. The molecule has 0 aliphatic heterocycles. The second kappa shape index (κ2) is 4.62. The van der Waals surface area contributed by atoms with Crippen molar-refractivity contribution in [1.82, 2.24) is 4.98 Å². The summed E-state index contributed by atoms with van der Waals surface area (Å²) in [7, 11) is 0. The van der Waals surface area contributed by atoms with Crippen LogP contribution < -0.4 is 10.5 Å². The summed E-state index contributed by atoms with van der Waals surface area (Å²) in [6.07, 6.45) is -4.14. The number of aliphatic hydroxyl groups excluding tert-OH is 1. The molecular formula is C8H8F4N2O2. The monoisotopic (exact) mass is 240 g/mol. The smallest absolute Gasteiger partial charge is 0.401 e. The summed E-state index contributed by atoms with van der Waals surface area (Å²) in [5.41, 5.74) is 4.89. The Labute approximate surface area is 87.7 Å². The Balaban J connectivity index is 3.23. The molecule has 0 aliphatic rings. The van der Waals surface area contributed by atoms with Crippen molar-refractivity contribution in [2.45, 2.75) is 19.5 Å². The van der Waals surface area contributed by atoms with Gasteiger partial charge in [0.15, 0.2) is 5.75 Å². The van der Waals surface area contributed by atoms with Gasteiger partial charge in [0.05, 0.1) is 6.61 Å². The average molecular weight is 240 g/mol. The van der Waals surface area contributed by atoms with Crippen LogP contribution >= 0.6 is 0 Å². The third-order valence-corrected chi connectivity index (χ3v) is 1.78. The molecule has 1 rings (SSSR count). The second-order valence-electron chi connectivity index (χ2n) is 2.79. The number of ether oxygens (including phenoxy) is 1. The van der Waals surface area contributed by atoms with Gasteiger partial charge >= 0.3 is 6.36 Å². The number of halogens is 4. The fourth-order valence-electron chi connectivity index (χ4n) is 1.12. The Bertz CT molecular complexity index is 381. The van der Waals surface area contributed by atoms with Crippen LogP contribution in [0.25, 0.3) is 0 Å². The highest BCUT2D eigenvalue weighted by atomic mass is 19.4. The van der Waals surface area contributed by atoms with Crippen LogP contribution in [-0.2, 0) is 13.2 Å². The maximum Gasteiger partial charge on any atom is 0.573 e. The number of nitrogens with two attached hydrogens (primary N) is 1. The Hall–Kier alpha value is -1.41. The van der Waals surface area contributed by atoms with Crippen molar-refractivity contribution in [2.24, 2.45) is 5.73 Å². The number of pyridine rings is 1. The van der Waals surface area contributed by atoms with Crippen molar-refractivity contribution in [1.29, 1.82) is 0 Å². The topological polar surface area (TPSA) is 68.4 Å². The minimum atomic E-state index is -5.04. The molecule has 4 nitrogen and oxygen atoms in total. The van der Waals surface area contributed by atoms with Gasteiger partial charge in [-0.05, 0) is 0 Å². The lowest BCUT2D eigenvalue weighted by Crippen LogP contribution is -2.21. The summed E-state index contributed by atoms with van der Waals surface area (Å²) in [4.78, 5) is 3.04. The van der Waals surface area contributed by atoms with E-state index in [0.29, 0.717) is 0 Å². The van der Waals surface area contributed by atoms with Gasteiger partial charge in [0.25, 0.3) is 5.95 Å². The van der Waals surface area contributed by atoms with Crippen LogP contribution in [0.4, 0.5) is 17.6 Å². The average Bonchev–Trinajstić information content (AvgIpc) is 2.19. The zero-order valence-corrected chi connectivity index (χ0v) is 7.88. The predicted octanol–water partition coefficient (Wildman–Crippen LogP) is 1.07. The summed E-state index contributed by atoms with van der Waals surface area (Å²) in [5.74, 6) is -2.52. The molecule has 0 atom stereocenters. The largest absolute Gasteiger partial charge is 0.573 e. The van der Waals surface area contributed by atoms with E-state index in [9.17, 15) is 17.6 Å². The molecular weight excluding hydrogens is 232 g/mol. The summed E-state index contributed by atoms with van der Waals surface area (Å²) in [5, 5.41) is 8.81. The van der Waals surface area contributed by atoms with Crippen LogP contribution in [0, 0.1) is 5.95 Å². The lowest BCUT2D eigenvalue weighted by molar-refractivity contribution is -0.276. The van der Waals surface area contributed by atoms with E-state index in [1.54, 1.807) is 0 Å². The fraction of sp³-hybridized carbons (Fsp3) is 0.375. The number of aliphatic hydroxyl groups is 1. The standard InChI is InChI=1S/C8H8F4N2O2/c9-7-6(16-8(10,11)12)5(1-13)4(3-15)2-14-7/h2,15H,1,3,13H2. The van der Waals surface area contributed by atoms with E-state index in [2.05, 4.69) is 9.72 Å². The molecule has 0 bridgehead atoms. The Morgan fingerprint density at radius 1 is 1.44 bits per heavy atom. The van der Waals surface area contributed by atoms with E-state index in [-0.39, 0.29) is 11.1 Å². The van der Waals surface area contributed by atoms with Crippen molar-refractivity contribution < 1.29 is 27.4 Å². The van der Waals surface area contributed by atoms with E-state index in [4.69, 9.17) is 10.8 Å². The molecule has 0 unspecified atom stereocenters. The van der Waals surface area contributed by atoms with Gasteiger partial charge in [-0.25, -0.2) is 4.98 Å². The maximum atomic E-state index is 13.0. The number of hydrogen-bond acceptors (Lipinski definition) is 4. The van der Waals surface area contributed by atoms with Gasteiger partial charge in [-0.2, -0.15) is 4.39 Å². The molecule has 0 fully saturated rings. The number of nitrogens with zero attached hydrogens (tertiary/aromatic N) is 1. The van der Waals surface area contributed by atoms with E-state index in [1.807, 2.05) is 0 Å². The Morgan fingerprint density at radius 3 is 2.50 bits per heavy atom. The lowest BCUT2D eigenvalue weighted by Gasteiger charge is -2.14. The summed E-state index contributed by atoms with van der Waals surface area (Å²) >= 11 is 0. The highest BCUT2D eigenvalue weighted by Crippen LogP contribution is 2.30. The number of hydrogen-bond donors (Lipinski definition) is 2. The molecule has 0 saturated carbocycles. The maximum absolute atomic E-state index is 13.0. The minimum absolute atomic E-state index is 0.0110. The van der Waals surface area contributed by atoms with Gasteiger partial charge in [0.2, 0.25) is 0 Å². The van der Waals surface area contributed by atoms with Crippen molar-refractivity contribution in [3.05, 3.63) is 23.3 Å². The molecule has 0 saturated heterocycles. The highest BCUT2D eigenvalue weighted by molar-refractivity contribution is 5.37. The third-order valence-electron chi connectivity index (χ3n) is 1.78. The van der Waals surface area contributed by atoms with Crippen LogP contribution in [0.2, 0.25) is 0 Å². The Kier molecular flexibility index (Phi) is 3.66. The van der Waals surface area contributed by atoms with Crippen LogP contribution in [0.3, 0.4) is 0 Å². The second-order valence-corrected chi connectivity index (χ2v) is 2.79. The van der Waals surface area contributed by atoms with E-state index in [1.165, 1.54) is 0 Å². The molecule has 1 aromatic rings. The molecule has 1 heterocycles. The van der Waals surface area contributed by atoms with Crippen molar-refractivity contribution in [3.8, 4) is 5.75 Å². The lowest BCUT2D eigenvalue weighted by atomic mass is 10.1. The molecule has 0 aromatic carbocycles.